The molecule has 1 saturated heterocycles. The summed E-state index contributed by atoms with van der Waals surface area (Å²) in [5, 5.41) is 12.5. The van der Waals surface area contributed by atoms with Crippen LogP contribution in [0, 0.1) is 11.3 Å². The highest BCUT2D eigenvalue weighted by atomic mass is 32.2. The van der Waals surface area contributed by atoms with Gasteiger partial charge in [-0.15, -0.1) is 11.8 Å². The molecular weight excluding hydrogens is 474 g/mol. The molecule has 8 heteroatoms. The fourth-order valence-corrected chi connectivity index (χ4v) is 6.34. The van der Waals surface area contributed by atoms with Crippen LogP contribution in [0.3, 0.4) is 0 Å². The molecule has 0 radical (unpaired) electrons. The van der Waals surface area contributed by atoms with Gasteiger partial charge in [0.15, 0.2) is 0 Å². The zero-order valence-corrected chi connectivity index (χ0v) is 24.1. The Hall–Kier alpha value is -2.32. The predicted molar refractivity (Wildman–Crippen MR) is 147 cm³/mol. The van der Waals surface area contributed by atoms with E-state index in [-0.39, 0.29) is 33.4 Å². The van der Waals surface area contributed by atoms with Crippen LogP contribution in [0.15, 0.2) is 42.0 Å². The number of carbonyl (C=O) groups excluding carboxylic acids is 2. The van der Waals surface area contributed by atoms with E-state index >= 15 is 0 Å². The Bertz CT molecular complexity index is 984. The molecule has 2 amide bonds. The van der Waals surface area contributed by atoms with Crippen molar-refractivity contribution in [3.63, 3.8) is 0 Å². The number of rotatable bonds is 8. The Kier molecular flexibility index (Phi) is 9.46. The molecule has 0 aliphatic carbocycles. The summed E-state index contributed by atoms with van der Waals surface area (Å²) in [6, 6.07) is 8.48. The number of hydrogen-bond acceptors (Lipinski definition) is 5. The highest BCUT2D eigenvalue weighted by molar-refractivity contribution is 8.01. The van der Waals surface area contributed by atoms with Gasteiger partial charge in [-0.25, -0.2) is 4.79 Å². The first kappa shape index (κ1) is 29.9. The number of nitrogens with one attached hydrogen (secondary N) is 1. The molecule has 1 aliphatic heterocycles. The molecule has 0 spiro atoms. The van der Waals surface area contributed by atoms with Crippen molar-refractivity contribution in [2.75, 3.05) is 14.1 Å². The number of nitrogens with zero attached hydrogens (tertiary/aromatic N) is 2. The van der Waals surface area contributed by atoms with Gasteiger partial charge in [0.2, 0.25) is 11.8 Å². The molecule has 1 fully saturated rings. The number of benzene rings is 1. The highest BCUT2D eigenvalue weighted by Gasteiger charge is 2.51. The van der Waals surface area contributed by atoms with Crippen LogP contribution < -0.4 is 5.32 Å². The Balaban J connectivity index is 2.34. The fourth-order valence-electron chi connectivity index (χ4n) is 4.78. The molecule has 3 unspecified atom stereocenters. The molecule has 2 rings (SSSR count). The number of hydrogen-bond donors (Lipinski definition) is 2. The molecule has 1 aromatic carbocycles. The van der Waals surface area contributed by atoms with Crippen LogP contribution in [-0.2, 0) is 14.4 Å². The van der Waals surface area contributed by atoms with E-state index in [1.54, 1.807) is 29.8 Å². The van der Waals surface area contributed by atoms with Gasteiger partial charge in [0.1, 0.15) is 12.1 Å². The first-order valence-electron chi connectivity index (χ1n) is 12.4. The maximum Gasteiger partial charge on any atom is 0.331 e. The highest BCUT2D eigenvalue weighted by Crippen LogP contribution is 2.51. The minimum atomic E-state index is -1.01. The smallest absolute Gasteiger partial charge is 0.331 e. The zero-order chi connectivity index (χ0) is 27.6. The second-order valence-corrected chi connectivity index (χ2v) is 13.4. The molecule has 0 aromatic heterocycles. The lowest BCUT2D eigenvalue weighted by atomic mass is 9.84. The van der Waals surface area contributed by atoms with Crippen molar-refractivity contribution in [1.82, 2.24) is 15.1 Å². The predicted octanol–water partition coefficient (Wildman–Crippen LogP) is 4.56. The van der Waals surface area contributed by atoms with Crippen molar-refractivity contribution in [2.45, 2.75) is 83.6 Å². The summed E-state index contributed by atoms with van der Waals surface area (Å²) in [5.41, 5.74) is 0.765. The molecule has 7 nitrogen and oxygen atoms in total. The van der Waals surface area contributed by atoms with E-state index in [1.807, 2.05) is 59.9 Å². The average Bonchev–Trinajstić information content (AvgIpc) is 3.02. The molecule has 1 aliphatic rings. The van der Waals surface area contributed by atoms with Crippen LogP contribution in [-0.4, -0.2) is 69.7 Å². The minimum absolute atomic E-state index is 0.00695. The molecule has 200 valence electrons. The maximum atomic E-state index is 13.8. The van der Waals surface area contributed by atoms with E-state index in [0.717, 1.165) is 5.56 Å². The summed E-state index contributed by atoms with van der Waals surface area (Å²) >= 11 is 1.74. The van der Waals surface area contributed by atoms with E-state index in [4.69, 9.17) is 0 Å². The van der Waals surface area contributed by atoms with Gasteiger partial charge in [-0.3, -0.25) is 14.5 Å². The topological polar surface area (TPSA) is 90.0 Å². The number of carbonyl (C=O) groups is 3. The summed E-state index contributed by atoms with van der Waals surface area (Å²) in [5.74, 6) is -1.45. The standard InChI is InChI=1S/C28H43N3O4S/c1-17(2)20(16-18(3)26(34)35)30(9)24(33)21(27(4,5)6)29-23(32)22-28(7,8)36-25(31(22)10)19-14-12-11-13-15-19/h11-17,20-22,25H,1-10H3,(H,29,32)(H,34,35)/b18-16+/t20?,21?,22?,25-/m1/s1. The molecule has 36 heavy (non-hydrogen) atoms. The zero-order valence-electron chi connectivity index (χ0n) is 23.3. The van der Waals surface area contributed by atoms with Gasteiger partial charge in [-0.05, 0) is 44.7 Å². The fraction of sp³-hybridized carbons (Fsp3) is 0.607. The van der Waals surface area contributed by atoms with Crippen molar-refractivity contribution >= 4 is 29.5 Å². The third-order valence-corrected chi connectivity index (χ3v) is 8.48. The number of amides is 2. The van der Waals surface area contributed by atoms with E-state index in [9.17, 15) is 19.5 Å². The van der Waals surface area contributed by atoms with Crippen LogP contribution in [0.4, 0.5) is 0 Å². The summed E-state index contributed by atoms with van der Waals surface area (Å²) in [6.45, 7) is 15.3. The summed E-state index contributed by atoms with van der Waals surface area (Å²) in [6.07, 6.45) is 1.61. The van der Waals surface area contributed by atoms with Gasteiger partial charge in [0.25, 0.3) is 0 Å². The van der Waals surface area contributed by atoms with Crippen molar-refractivity contribution < 1.29 is 19.5 Å². The monoisotopic (exact) mass is 517 g/mol. The maximum absolute atomic E-state index is 13.8. The van der Waals surface area contributed by atoms with Crippen LogP contribution >= 0.6 is 11.8 Å². The lowest BCUT2D eigenvalue weighted by molar-refractivity contribution is -0.141. The Morgan fingerprint density at radius 2 is 1.72 bits per heavy atom. The number of thioether (sulfide) groups is 1. The molecule has 1 aromatic rings. The van der Waals surface area contributed by atoms with E-state index in [2.05, 4.69) is 36.2 Å². The van der Waals surface area contributed by atoms with Gasteiger partial charge in [0.05, 0.1) is 11.4 Å². The van der Waals surface area contributed by atoms with Crippen LogP contribution in [0.25, 0.3) is 0 Å². The molecule has 2 N–H and O–H groups in total. The Morgan fingerprint density at radius 3 is 2.19 bits per heavy atom. The van der Waals surface area contributed by atoms with E-state index in [1.165, 1.54) is 6.92 Å². The van der Waals surface area contributed by atoms with Crippen molar-refractivity contribution in [3.05, 3.63) is 47.5 Å². The third-order valence-electron chi connectivity index (χ3n) is 6.82. The first-order valence-corrected chi connectivity index (χ1v) is 13.3. The van der Waals surface area contributed by atoms with Gasteiger partial charge in [-0.1, -0.05) is 71.0 Å². The van der Waals surface area contributed by atoms with Gasteiger partial charge in [-0.2, -0.15) is 0 Å². The van der Waals surface area contributed by atoms with Crippen LogP contribution in [0.5, 0.6) is 0 Å². The molecular formula is C28H43N3O4S. The second-order valence-electron chi connectivity index (χ2n) is 11.7. The van der Waals surface area contributed by atoms with Crippen molar-refractivity contribution in [3.8, 4) is 0 Å². The largest absolute Gasteiger partial charge is 0.478 e. The SMILES string of the molecule is C/C(=C\C(C(C)C)N(C)C(=O)C(NC(=O)C1N(C)[C@@H](c2ccccc2)SC1(C)C)C(C)(C)C)C(=O)O. The summed E-state index contributed by atoms with van der Waals surface area (Å²) < 4.78 is -0.376. The number of carboxylic acid groups (broad SMARTS) is 1. The van der Waals surface area contributed by atoms with E-state index in [0.29, 0.717) is 0 Å². The molecule has 4 atom stereocenters. The lowest BCUT2D eigenvalue weighted by Crippen LogP contribution is -2.60. The quantitative estimate of drug-likeness (QED) is 0.492. The van der Waals surface area contributed by atoms with Gasteiger partial charge >= 0.3 is 5.97 Å². The van der Waals surface area contributed by atoms with Gasteiger partial charge < -0.3 is 15.3 Å². The molecule has 0 saturated carbocycles. The minimum Gasteiger partial charge on any atom is -0.478 e. The summed E-state index contributed by atoms with van der Waals surface area (Å²) in [4.78, 5) is 42.6. The van der Waals surface area contributed by atoms with E-state index < -0.39 is 29.5 Å². The Labute approximate surface area is 220 Å². The molecule has 0 bridgehead atoms. The average molecular weight is 518 g/mol. The number of carboxylic acids is 1. The molecule has 1 heterocycles. The Morgan fingerprint density at radius 1 is 1.17 bits per heavy atom. The van der Waals surface area contributed by atoms with Gasteiger partial charge in [0, 0.05) is 17.4 Å². The third kappa shape index (κ3) is 6.71. The van der Waals surface area contributed by atoms with Crippen LogP contribution in [0.1, 0.15) is 66.3 Å². The van der Waals surface area contributed by atoms with Crippen LogP contribution in [0.2, 0.25) is 0 Å². The second kappa shape index (κ2) is 11.4. The number of likely N-dealkylation sites (N-methyl/N-ethyl adjacent to an activating group) is 2. The van der Waals surface area contributed by atoms with Crippen molar-refractivity contribution in [2.24, 2.45) is 11.3 Å². The summed E-state index contributed by atoms with van der Waals surface area (Å²) in [7, 11) is 3.63. The lowest BCUT2D eigenvalue weighted by Gasteiger charge is -2.39. The normalized spacial score (nSPS) is 22.2. The first-order chi connectivity index (χ1) is 16.5. The number of aliphatic carboxylic acids is 1. The van der Waals surface area contributed by atoms with Crippen molar-refractivity contribution in [1.29, 1.82) is 0 Å².